The maximum atomic E-state index is 4.22. The van der Waals surface area contributed by atoms with Crippen LogP contribution in [0.4, 0.5) is 0 Å². The van der Waals surface area contributed by atoms with E-state index in [1.54, 1.807) is 0 Å². The van der Waals surface area contributed by atoms with Crippen LogP contribution in [0, 0.1) is 0 Å². The maximum absolute atomic E-state index is 4.22. The molecule has 0 unspecified atom stereocenters. The number of hydrogen-bond acceptors (Lipinski definition) is 2. The summed E-state index contributed by atoms with van der Waals surface area (Å²) in [5.41, 5.74) is 2.38. The Morgan fingerprint density at radius 3 is 1.50 bits per heavy atom. The Hall–Kier alpha value is 0.880. The second-order valence-corrected chi connectivity index (χ2v) is 4.69. The molecular weight excluding hydrogens is 320 g/mol. The van der Waals surface area contributed by atoms with Gasteiger partial charge in [-0.05, 0) is 23.3 Å². The lowest BCUT2D eigenvalue weighted by atomic mass is 10.2. The smallest absolute Gasteiger partial charge is 0.0219 e. The molecule has 0 aliphatic carbocycles. The van der Waals surface area contributed by atoms with Crippen molar-refractivity contribution in [2.45, 2.75) is 11.5 Å². The van der Waals surface area contributed by atoms with Crippen LogP contribution in [-0.2, 0) is 11.5 Å². The first kappa shape index (κ1) is 11.0. The minimum Gasteiger partial charge on any atom is -0.175 e. The molecule has 0 aromatic heterocycles. The maximum Gasteiger partial charge on any atom is 0.0219 e. The molecule has 0 nitrogen and oxygen atoms in total. The highest BCUT2D eigenvalue weighted by Gasteiger charge is 2.03. The van der Waals surface area contributed by atoms with Crippen molar-refractivity contribution in [2.24, 2.45) is 0 Å². The molecule has 0 aliphatic heterocycles. The quantitative estimate of drug-likeness (QED) is 0.752. The first-order chi connectivity index (χ1) is 5.69. The van der Waals surface area contributed by atoms with E-state index in [1.807, 2.05) is 0 Å². The van der Waals surface area contributed by atoms with E-state index in [0.29, 0.717) is 0 Å². The summed E-state index contributed by atoms with van der Waals surface area (Å²) in [6, 6.07) is 4.14. The zero-order valence-electron chi connectivity index (χ0n) is 6.22. The largest absolute Gasteiger partial charge is 0.175 e. The predicted molar refractivity (Wildman–Crippen MR) is 67.2 cm³/mol. The average Bonchev–Trinajstić information content (AvgIpc) is 2.08. The van der Waals surface area contributed by atoms with Gasteiger partial charge in [0.25, 0.3) is 0 Å². The van der Waals surface area contributed by atoms with Crippen LogP contribution in [0.1, 0.15) is 11.1 Å². The molecule has 0 aliphatic rings. The predicted octanol–water partition coefficient (Wildman–Crippen LogP) is 4.07. The van der Waals surface area contributed by atoms with Gasteiger partial charge >= 0.3 is 0 Å². The van der Waals surface area contributed by atoms with E-state index in [4.69, 9.17) is 0 Å². The molecule has 0 radical (unpaired) electrons. The minimum absolute atomic E-state index is 0.742. The fourth-order valence-corrected chi connectivity index (χ4v) is 2.89. The summed E-state index contributed by atoms with van der Waals surface area (Å²) in [7, 11) is 0. The van der Waals surface area contributed by atoms with Crippen LogP contribution < -0.4 is 0 Å². The summed E-state index contributed by atoms with van der Waals surface area (Å²) >= 11 is 15.4. The van der Waals surface area contributed by atoms with Gasteiger partial charge < -0.3 is 0 Å². The number of halogens is 2. The van der Waals surface area contributed by atoms with Crippen molar-refractivity contribution in [1.29, 1.82) is 0 Å². The third kappa shape index (κ3) is 2.44. The van der Waals surface area contributed by atoms with Gasteiger partial charge in [0.05, 0.1) is 0 Å². The molecule has 4 heteroatoms. The van der Waals surface area contributed by atoms with Crippen LogP contribution in [0.5, 0.6) is 0 Å². The van der Waals surface area contributed by atoms with Crippen LogP contribution >= 0.6 is 57.1 Å². The van der Waals surface area contributed by atoms with Crippen LogP contribution in [0.2, 0.25) is 0 Å². The number of thiol groups is 2. The molecule has 0 saturated heterocycles. The van der Waals surface area contributed by atoms with Crippen LogP contribution in [-0.4, -0.2) is 0 Å². The molecule has 12 heavy (non-hydrogen) atoms. The number of rotatable bonds is 2. The Bertz CT molecular complexity index is 257. The summed E-state index contributed by atoms with van der Waals surface area (Å²) in [6.45, 7) is 0. The lowest BCUT2D eigenvalue weighted by Gasteiger charge is -2.06. The molecule has 66 valence electrons. The molecule has 0 heterocycles. The Morgan fingerprint density at radius 1 is 0.917 bits per heavy atom. The van der Waals surface area contributed by atoms with Gasteiger partial charge in [-0.1, -0.05) is 31.9 Å². The average molecular weight is 328 g/mol. The van der Waals surface area contributed by atoms with Gasteiger partial charge in [0, 0.05) is 20.5 Å². The SMILES string of the molecule is SCc1cc(Br)c(CS)cc1Br. The van der Waals surface area contributed by atoms with E-state index in [0.717, 1.165) is 20.5 Å². The lowest BCUT2D eigenvalue weighted by Crippen LogP contribution is -1.86. The topological polar surface area (TPSA) is 0 Å². The van der Waals surface area contributed by atoms with Crippen molar-refractivity contribution in [3.05, 3.63) is 32.2 Å². The van der Waals surface area contributed by atoms with E-state index in [2.05, 4.69) is 69.3 Å². The highest BCUT2D eigenvalue weighted by atomic mass is 79.9. The molecule has 0 atom stereocenters. The highest BCUT2D eigenvalue weighted by Crippen LogP contribution is 2.27. The van der Waals surface area contributed by atoms with Gasteiger partial charge in [-0.3, -0.25) is 0 Å². The van der Waals surface area contributed by atoms with E-state index >= 15 is 0 Å². The van der Waals surface area contributed by atoms with E-state index in [9.17, 15) is 0 Å². The van der Waals surface area contributed by atoms with Crippen molar-refractivity contribution in [2.75, 3.05) is 0 Å². The van der Waals surface area contributed by atoms with Crippen molar-refractivity contribution >= 4 is 57.1 Å². The summed E-state index contributed by atoms with van der Waals surface area (Å²) in [5, 5.41) is 0. The molecule has 0 spiro atoms. The molecule has 0 saturated carbocycles. The third-order valence-corrected chi connectivity index (χ3v) is 3.71. The van der Waals surface area contributed by atoms with Gasteiger partial charge in [0.15, 0.2) is 0 Å². The van der Waals surface area contributed by atoms with Crippen molar-refractivity contribution in [1.82, 2.24) is 0 Å². The summed E-state index contributed by atoms with van der Waals surface area (Å²) in [5.74, 6) is 1.48. The van der Waals surface area contributed by atoms with Gasteiger partial charge in [-0.15, -0.1) is 0 Å². The third-order valence-electron chi connectivity index (χ3n) is 1.56. The van der Waals surface area contributed by atoms with Gasteiger partial charge in [-0.25, -0.2) is 0 Å². The Kier molecular flexibility index (Phi) is 4.51. The molecule has 0 bridgehead atoms. The second-order valence-electron chi connectivity index (χ2n) is 2.35. The fourth-order valence-electron chi connectivity index (χ4n) is 0.872. The molecule has 1 rings (SSSR count). The number of benzene rings is 1. The Balaban J connectivity index is 3.16. The second kappa shape index (κ2) is 4.94. The minimum atomic E-state index is 0.742. The first-order valence-electron chi connectivity index (χ1n) is 3.37. The standard InChI is InChI=1S/C8H8Br2S2/c9-7-1-5(3-11)8(10)2-6(7)4-12/h1-2,11-12H,3-4H2. The zero-order valence-corrected chi connectivity index (χ0v) is 11.2. The van der Waals surface area contributed by atoms with Crippen molar-refractivity contribution < 1.29 is 0 Å². The molecule has 0 fully saturated rings. The molecule has 1 aromatic carbocycles. The van der Waals surface area contributed by atoms with Gasteiger partial charge in [0.2, 0.25) is 0 Å². The normalized spacial score (nSPS) is 10.3. The van der Waals surface area contributed by atoms with Gasteiger partial charge in [0.1, 0.15) is 0 Å². The van der Waals surface area contributed by atoms with E-state index in [-0.39, 0.29) is 0 Å². The summed E-state index contributed by atoms with van der Waals surface area (Å²) in [6.07, 6.45) is 0. The zero-order chi connectivity index (χ0) is 9.14. The monoisotopic (exact) mass is 326 g/mol. The molecule has 1 aromatic rings. The fraction of sp³-hybridized carbons (Fsp3) is 0.250. The summed E-state index contributed by atoms with van der Waals surface area (Å²) in [4.78, 5) is 0. The van der Waals surface area contributed by atoms with Crippen LogP contribution in [0.3, 0.4) is 0 Å². The van der Waals surface area contributed by atoms with Gasteiger partial charge in [-0.2, -0.15) is 25.3 Å². The van der Waals surface area contributed by atoms with Crippen molar-refractivity contribution in [3.63, 3.8) is 0 Å². The number of hydrogen-bond donors (Lipinski definition) is 2. The summed E-state index contributed by atoms with van der Waals surface area (Å²) < 4.78 is 2.20. The van der Waals surface area contributed by atoms with Crippen molar-refractivity contribution in [3.8, 4) is 0 Å². The lowest BCUT2D eigenvalue weighted by molar-refractivity contribution is 1.30. The molecular formula is C8H8Br2S2. The molecule has 0 amide bonds. The Morgan fingerprint density at radius 2 is 1.25 bits per heavy atom. The van der Waals surface area contributed by atoms with Crippen LogP contribution in [0.25, 0.3) is 0 Å². The van der Waals surface area contributed by atoms with Crippen LogP contribution in [0.15, 0.2) is 21.1 Å². The van der Waals surface area contributed by atoms with E-state index in [1.165, 1.54) is 11.1 Å². The molecule has 0 N–H and O–H groups in total. The Labute approximate surface area is 100 Å². The van der Waals surface area contributed by atoms with E-state index < -0.39 is 0 Å². The first-order valence-corrected chi connectivity index (χ1v) is 6.22. The highest BCUT2D eigenvalue weighted by molar-refractivity contribution is 9.11.